The zero-order valence-electron chi connectivity index (χ0n) is 15.3. The summed E-state index contributed by atoms with van der Waals surface area (Å²) in [5.74, 6) is -0.948. The van der Waals surface area contributed by atoms with Crippen molar-refractivity contribution in [1.29, 1.82) is 0 Å². The first kappa shape index (κ1) is 18.7. The Kier molecular flexibility index (Phi) is 4.95. The normalized spacial score (nSPS) is 18.9. The van der Waals surface area contributed by atoms with Crippen LogP contribution in [-0.4, -0.2) is 48.6 Å². The van der Waals surface area contributed by atoms with E-state index in [2.05, 4.69) is 10.3 Å². The lowest BCUT2D eigenvalue weighted by atomic mass is 10.0. The van der Waals surface area contributed by atoms with Crippen molar-refractivity contribution in [3.8, 4) is 0 Å². The van der Waals surface area contributed by atoms with Gasteiger partial charge >= 0.3 is 0 Å². The number of aromatic amines is 1. The van der Waals surface area contributed by atoms with Gasteiger partial charge in [-0.1, -0.05) is 42.5 Å². The van der Waals surface area contributed by atoms with Gasteiger partial charge in [-0.3, -0.25) is 4.79 Å². The fraction of sp³-hybridized carbons (Fsp3) is 0.286. The molecular weight excluding hydrogens is 376 g/mol. The van der Waals surface area contributed by atoms with E-state index in [0.717, 1.165) is 22.0 Å². The highest BCUT2D eigenvalue weighted by atomic mass is 32.2. The second kappa shape index (κ2) is 7.41. The number of fused-ring (bicyclic) bond motifs is 2. The standard InChI is InChI=1S/C21H22N2O4S/c24-9-10-28(26,27)13-17-16-7-3-1-5-14(16)11-19(17)23-21(25)20-12-15-6-2-4-8-18(15)22-20/h1-8,12,17,19,22,24H,9-11,13H2,(H,23,25)/t17-,19+/m0/s1. The van der Waals surface area contributed by atoms with Gasteiger partial charge in [-0.2, -0.15) is 0 Å². The minimum Gasteiger partial charge on any atom is -0.395 e. The molecule has 0 fully saturated rings. The van der Waals surface area contributed by atoms with Crippen molar-refractivity contribution in [2.45, 2.75) is 18.4 Å². The van der Waals surface area contributed by atoms with Crippen LogP contribution in [0.5, 0.6) is 0 Å². The average molecular weight is 398 g/mol. The summed E-state index contributed by atoms with van der Waals surface area (Å²) in [4.78, 5) is 15.9. The Morgan fingerprint density at radius 1 is 1.14 bits per heavy atom. The predicted molar refractivity (Wildman–Crippen MR) is 108 cm³/mol. The summed E-state index contributed by atoms with van der Waals surface area (Å²) in [6, 6.07) is 16.8. The minimum atomic E-state index is -3.42. The molecule has 146 valence electrons. The van der Waals surface area contributed by atoms with Crippen LogP contribution in [0.1, 0.15) is 27.5 Å². The molecule has 0 bridgehead atoms. The Labute approximate surface area is 163 Å². The highest BCUT2D eigenvalue weighted by molar-refractivity contribution is 7.91. The average Bonchev–Trinajstić information content (AvgIpc) is 3.23. The number of para-hydroxylation sites is 1. The number of nitrogens with one attached hydrogen (secondary N) is 2. The predicted octanol–water partition coefficient (Wildman–Crippen LogP) is 2.01. The van der Waals surface area contributed by atoms with E-state index in [4.69, 9.17) is 5.11 Å². The zero-order chi connectivity index (χ0) is 19.7. The lowest BCUT2D eigenvalue weighted by Crippen LogP contribution is -2.40. The number of hydrogen-bond donors (Lipinski definition) is 3. The summed E-state index contributed by atoms with van der Waals surface area (Å²) < 4.78 is 24.7. The quantitative estimate of drug-likeness (QED) is 0.591. The van der Waals surface area contributed by atoms with Crippen LogP contribution in [0, 0.1) is 0 Å². The SMILES string of the molecule is O=C(N[C@@H]1Cc2ccccc2[C@@H]1CS(=O)(=O)CCO)c1cc2ccccc2[nH]1. The van der Waals surface area contributed by atoms with Crippen molar-refractivity contribution in [2.24, 2.45) is 0 Å². The fourth-order valence-electron chi connectivity index (χ4n) is 3.97. The molecule has 1 amide bonds. The van der Waals surface area contributed by atoms with Gasteiger partial charge < -0.3 is 15.4 Å². The second-order valence-electron chi connectivity index (χ2n) is 7.20. The third kappa shape index (κ3) is 3.68. The van der Waals surface area contributed by atoms with Crippen molar-refractivity contribution in [3.05, 3.63) is 71.4 Å². The number of amides is 1. The molecule has 0 saturated carbocycles. The molecule has 2 aromatic carbocycles. The lowest BCUT2D eigenvalue weighted by molar-refractivity contribution is 0.0930. The number of aliphatic hydroxyl groups is 1. The molecule has 2 atom stereocenters. The molecule has 1 aliphatic carbocycles. The van der Waals surface area contributed by atoms with E-state index in [0.29, 0.717) is 12.1 Å². The second-order valence-corrected chi connectivity index (χ2v) is 9.43. The third-order valence-electron chi connectivity index (χ3n) is 5.31. The van der Waals surface area contributed by atoms with Crippen LogP contribution >= 0.6 is 0 Å². The monoisotopic (exact) mass is 398 g/mol. The first-order valence-electron chi connectivity index (χ1n) is 9.24. The van der Waals surface area contributed by atoms with Gasteiger partial charge in [0.05, 0.1) is 18.1 Å². The smallest absolute Gasteiger partial charge is 0.267 e. The number of carbonyl (C=O) groups is 1. The summed E-state index contributed by atoms with van der Waals surface area (Å²) in [5.41, 5.74) is 3.33. The van der Waals surface area contributed by atoms with Crippen molar-refractivity contribution in [2.75, 3.05) is 18.1 Å². The Morgan fingerprint density at radius 2 is 1.89 bits per heavy atom. The number of benzene rings is 2. The van der Waals surface area contributed by atoms with Crippen molar-refractivity contribution in [1.82, 2.24) is 10.3 Å². The first-order chi connectivity index (χ1) is 13.5. The molecule has 3 N–H and O–H groups in total. The number of hydrogen-bond acceptors (Lipinski definition) is 4. The molecule has 0 saturated heterocycles. The van der Waals surface area contributed by atoms with E-state index < -0.39 is 16.4 Å². The van der Waals surface area contributed by atoms with Crippen LogP contribution in [0.25, 0.3) is 10.9 Å². The van der Waals surface area contributed by atoms with Gasteiger partial charge in [-0.25, -0.2) is 8.42 Å². The number of sulfone groups is 1. The maximum absolute atomic E-state index is 12.8. The molecule has 0 radical (unpaired) electrons. The van der Waals surface area contributed by atoms with E-state index in [1.807, 2.05) is 48.5 Å². The number of rotatable bonds is 6. The largest absolute Gasteiger partial charge is 0.395 e. The topological polar surface area (TPSA) is 99.3 Å². The van der Waals surface area contributed by atoms with Crippen LogP contribution in [0.2, 0.25) is 0 Å². The fourth-order valence-corrected chi connectivity index (χ4v) is 5.38. The van der Waals surface area contributed by atoms with Gasteiger partial charge in [0, 0.05) is 22.9 Å². The van der Waals surface area contributed by atoms with Gasteiger partial charge in [0.2, 0.25) is 0 Å². The molecule has 0 aliphatic heterocycles. The Morgan fingerprint density at radius 3 is 2.68 bits per heavy atom. The third-order valence-corrected chi connectivity index (χ3v) is 6.98. The molecule has 4 rings (SSSR count). The summed E-state index contributed by atoms with van der Waals surface area (Å²) in [6.45, 7) is -0.400. The molecule has 0 unspecified atom stereocenters. The maximum Gasteiger partial charge on any atom is 0.267 e. The first-order valence-corrected chi connectivity index (χ1v) is 11.1. The summed E-state index contributed by atoms with van der Waals surface area (Å²) in [5, 5.41) is 13.0. The molecule has 1 aromatic heterocycles. The number of carbonyl (C=O) groups excluding carboxylic acids is 1. The molecule has 1 aliphatic rings. The Hall–Kier alpha value is -2.64. The van der Waals surface area contributed by atoms with Crippen LogP contribution in [-0.2, 0) is 16.3 Å². The van der Waals surface area contributed by atoms with Gasteiger partial charge in [-0.15, -0.1) is 0 Å². The molecular formula is C21H22N2O4S. The molecule has 3 aromatic rings. The highest BCUT2D eigenvalue weighted by Crippen LogP contribution is 2.34. The molecule has 6 nitrogen and oxygen atoms in total. The summed E-state index contributed by atoms with van der Waals surface area (Å²) >= 11 is 0. The van der Waals surface area contributed by atoms with E-state index in [1.54, 1.807) is 6.07 Å². The zero-order valence-corrected chi connectivity index (χ0v) is 16.1. The minimum absolute atomic E-state index is 0.0950. The van der Waals surface area contributed by atoms with E-state index in [9.17, 15) is 13.2 Å². The molecule has 1 heterocycles. The van der Waals surface area contributed by atoms with Crippen molar-refractivity contribution in [3.63, 3.8) is 0 Å². The van der Waals surface area contributed by atoms with Crippen LogP contribution < -0.4 is 5.32 Å². The lowest BCUT2D eigenvalue weighted by Gasteiger charge is -2.21. The summed E-state index contributed by atoms with van der Waals surface area (Å²) in [7, 11) is -3.42. The van der Waals surface area contributed by atoms with Crippen LogP contribution in [0.15, 0.2) is 54.6 Å². The van der Waals surface area contributed by atoms with Crippen molar-refractivity contribution >= 4 is 26.6 Å². The number of aliphatic hydroxyl groups excluding tert-OH is 1. The summed E-state index contributed by atoms with van der Waals surface area (Å²) in [6.07, 6.45) is 0.585. The number of H-pyrrole nitrogens is 1. The maximum atomic E-state index is 12.8. The van der Waals surface area contributed by atoms with E-state index >= 15 is 0 Å². The van der Waals surface area contributed by atoms with Gasteiger partial charge in [0.25, 0.3) is 5.91 Å². The molecule has 7 heteroatoms. The van der Waals surface area contributed by atoms with Crippen molar-refractivity contribution < 1.29 is 18.3 Å². The van der Waals surface area contributed by atoms with Crippen LogP contribution in [0.3, 0.4) is 0 Å². The van der Waals surface area contributed by atoms with Gasteiger partial charge in [0.15, 0.2) is 9.84 Å². The molecule has 28 heavy (non-hydrogen) atoms. The van der Waals surface area contributed by atoms with E-state index in [-0.39, 0.29) is 29.4 Å². The molecule has 0 spiro atoms. The van der Waals surface area contributed by atoms with Gasteiger partial charge in [-0.05, 0) is 29.7 Å². The van der Waals surface area contributed by atoms with E-state index in [1.165, 1.54) is 0 Å². The Balaban J connectivity index is 1.59. The number of aromatic nitrogens is 1. The van der Waals surface area contributed by atoms with Crippen LogP contribution in [0.4, 0.5) is 0 Å². The highest BCUT2D eigenvalue weighted by Gasteiger charge is 2.36. The Bertz CT molecular complexity index is 1090. The van der Waals surface area contributed by atoms with Gasteiger partial charge in [0.1, 0.15) is 5.69 Å².